The van der Waals surface area contributed by atoms with Crippen molar-refractivity contribution < 1.29 is 40.1 Å². The fourth-order valence-corrected chi connectivity index (χ4v) is 1.59. The molecule has 21 heavy (non-hydrogen) atoms. The third kappa shape index (κ3) is 4.80. The lowest BCUT2D eigenvalue weighted by Crippen LogP contribution is -2.47. The zero-order chi connectivity index (χ0) is 17.1. The molecule has 0 aliphatic heterocycles. The zero-order valence-electron chi connectivity index (χ0n) is 11.8. The van der Waals surface area contributed by atoms with Crippen LogP contribution in [0.3, 0.4) is 0 Å². The number of ether oxygens (including phenoxy) is 1. The fraction of sp³-hybridized carbons (Fsp3) is 0.909. The predicted octanol–water partition coefficient (Wildman–Crippen LogP) is 2.52. The average Bonchev–Trinajstić information content (AvgIpc) is 2.32. The minimum atomic E-state index is -6.48. The van der Waals surface area contributed by atoms with Gasteiger partial charge in [-0.3, -0.25) is 4.79 Å². The van der Waals surface area contributed by atoms with Crippen LogP contribution in [0.5, 0.6) is 0 Å². The maximum Gasteiger partial charge on any atom is 0.396 e. The van der Waals surface area contributed by atoms with Gasteiger partial charge < -0.3 is 9.29 Å². The topological polar surface area (TPSA) is 83.5 Å². The molecule has 0 atom stereocenters. The molecule has 0 rings (SSSR count). The van der Waals surface area contributed by atoms with E-state index in [0.717, 1.165) is 0 Å². The number of halogens is 4. The van der Waals surface area contributed by atoms with Crippen LogP contribution in [-0.2, 0) is 19.6 Å². The first-order valence-corrected chi connectivity index (χ1v) is 7.48. The smallest absolute Gasteiger partial charge is 0.396 e. The number of alkyl halides is 4. The van der Waals surface area contributed by atoms with Crippen LogP contribution < -0.4 is 0 Å². The van der Waals surface area contributed by atoms with Crippen LogP contribution in [0.15, 0.2) is 0 Å². The molecule has 0 N–H and O–H groups in total. The highest BCUT2D eigenvalue weighted by atomic mass is 32.2. The average molecular weight is 337 g/mol. The van der Waals surface area contributed by atoms with Crippen LogP contribution in [-0.4, -0.2) is 36.7 Å². The molecule has 10 heteroatoms. The fourth-order valence-electron chi connectivity index (χ4n) is 1.13. The largest absolute Gasteiger partial charge is 0.743 e. The standard InChI is InChI=1S/C11H18F4O5S/c1-4-9(2,3)8(16)20-7-5-6-10(12,13)11(14,15)21(17,18)19/h4-7H2,1-3H3,(H,17,18,19)/p-1. The van der Waals surface area contributed by atoms with Crippen LogP contribution in [0.25, 0.3) is 0 Å². The number of carbonyl (C=O) groups is 1. The van der Waals surface area contributed by atoms with E-state index in [0.29, 0.717) is 6.42 Å². The SMILES string of the molecule is CCC(C)(C)C(=O)OCCCC(F)(F)C(F)(F)S(=O)(=O)[O-]. The molecule has 0 bridgehead atoms. The highest BCUT2D eigenvalue weighted by Gasteiger charge is 2.60. The van der Waals surface area contributed by atoms with E-state index in [-0.39, 0.29) is 0 Å². The summed E-state index contributed by atoms with van der Waals surface area (Å²) in [5, 5.41) is -5.70. The van der Waals surface area contributed by atoms with Crippen molar-refractivity contribution in [3.63, 3.8) is 0 Å². The monoisotopic (exact) mass is 337 g/mol. The summed E-state index contributed by atoms with van der Waals surface area (Å²) >= 11 is 0. The molecule has 0 saturated heterocycles. The van der Waals surface area contributed by atoms with Crippen LogP contribution in [0, 0.1) is 5.41 Å². The van der Waals surface area contributed by atoms with Crippen LogP contribution in [0.2, 0.25) is 0 Å². The normalized spacial score (nSPS) is 14.1. The summed E-state index contributed by atoms with van der Waals surface area (Å²) in [5.41, 5.74) is -0.842. The van der Waals surface area contributed by atoms with Crippen molar-refractivity contribution in [1.29, 1.82) is 0 Å². The number of rotatable bonds is 8. The molecule has 126 valence electrons. The Balaban J connectivity index is 4.52. The van der Waals surface area contributed by atoms with Crippen LogP contribution in [0.4, 0.5) is 17.6 Å². The quantitative estimate of drug-likeness (QED) is 0.294. The number of hydrogen-bond acceptors (Lipinski definition) is 5. The third-order valence-electron chi connectivity index (χ3n) is 3.04. The minimum Gasteiger partial charge on any atom is -0.743 e. The Kier molecular flexibility index (Phi) is 6.19. The summed E-state index contributed by atoms with van der Waals surface area (Å²) in [6.07, 6.45) is -1.88. The third-order valence-corrected chi connectivity index (χ3v) is 3.97. The highest BCUT2D eigenvalue weighted by Crippen LogP contribution is 2.41. The summed E-state index contributed by atoms with van der Waals surface area (Å²) in [6.45, 7) is 4.24. The molecule has 0 aromatic heterocycles. The summed E-state index contributed by atoms with van der Waals surface area (Å²) in [4.78, 5) is 11.5. The summed E-state index contributed by atoms with van der Waals surface area (Å²) in [5.74, 6) is -5.71. The second kappa shape index (κ2) is 6.47. The lowest BCUT2D eigenvalue weighted by atomic mass is 9.91. The van der Waals surface area contributed by atoms with E-state index >= 15 is 0 Å². The minimum absolute atomic E-state index is 0.425. The number of carbonyl (C=O) groups excluding carboxylic acids is 1. The Morgan fingerprint density at radius 2 is 1.67 bits per heavy atom. The van der Waals surface area contributed by atoms with Crippen molar-refractivity contribution >= 4 is 16.1 Å². The van der Waals surface area contributed by atoms with Crippen molar-refractivity contribution in [2.75, 3.05) is 6.61 Å². The summed E-state index contributed by atoms with van der Waals surface area (Å²) in [6, 6.07) is 0. The Morgan fingerprint density at radius 3 is 2.05 bits per heavy atom. The summed E-state index contributed by atoms with van der Waals surface area (Å²) in [7, 11) is -6.48. The molecule has 0 fully saturated rings. The van der Waals surface area contributed by atoms with Gasteiger partial charge in [-0.05, 0) is 26.7 Å². The number of hydrogen-bond donors (Lipinski definition) is 0. The molecule has 0 aromatic rings. The molecule has 0 aliphatic rings. The molecule has 0 aromatic carbocycles. The molecule has 0 unspecified atom stereocenters. The zero-order valence-corrected chi connectivity index (χ0v) is 12.6. The van der Waals surface area contributed by atoms with Crippen molar-refractivity contribution in [3.05, 3.63) is 0 Å². The van der Waals surface area contributed by atoms with E-state index in [1.807, 2.05) is 0 Å². The van der Waals surface area contributed by atoms with Gasteiger partial charge in [0.15, 0.2) is 10.1 Å². The molecule has 5 nitrogen and oxygen atoms in total. The number of esters is 1. The summed E-state index contributed by atoms with van der Waals surface area (Å²) < 4.78 is 86.7. The van der Waals surface area contributed by atoms with E-state index in [2.05, 4.69) is 4.74 Å². The second-order valence-corrected chi connectivity index (χ2v) is 6.57. The van der Waals surface area contributed by atoms with E-state index in [4.69, 9.17) is 0 Å². The maximum absolute atomic E-state index is 13.1. The van der Waals surface area contributed by atoms with Crippen molar-refractivity contribution in [3.8, 4) is 0 Å². The maximum atomic E-state index is 13.1. The van der Waals surface area contributed by atoms with E-state index in [9.17, 15) is 35.3 Å². The van der Waals surface area contributed by atoms with Gasteiger partial charge in [-0.25, -0.2) is 8.42 Å². The Bertz CT molecular complexity index is 473. The molecular weight excluding hydrogens is 320 g/mol. The molecule has 0 spiro atoms. The van der Waals surface area contributed by atoms with E-state index in [1.165, 1.54) is 0 Å². The van der Waals surface area contributed by atoms with Gasteiger partial charge in [-0.15, -0.1) is 0 Å². The molecule has 0 aliphatic carbocycles. The Hall–Kier alpha value is -0.900. The first-order chi connectivity index (χ1) is 9.19. The predicted molar refractivity (Wildman–Crippen MR) is 63.9 cm³/mol. The van der Waals surface area contributed by atoms with Crippen molar-refractivity contribution in [2.24, 2.45) is 5.41 Å². The molecule has 0 saturated carbocycles. The highest BCUT2D eigenvalue weighted by molar-refractivity contribution is 7.86. The molecule has 0 radical (unpaired) electrons. The van der Waals surface area contributed by atoms with Crippen molar-refractivity contribution in [1.82, 2.24) is 0 Å². The van der Waals surface area contributed by atoms with Gasteiger partial charge in [0.2, 0.25) is 0 Å². The molecular formula is C11H17F4O5S-. The van der Waals surface area contributed by atoms with Gasteiger partial charge in [0.25, 0.3) is 0 Å². The lowest BCUT2D eigenvalue weighted by Gasteiger charge is -2.28. The first kappa shape index (κ1) is 20.1. The van der Waals surface area contributed by atoms with Gasteiger partial charge in [0, 0.05) is 6.42 Å². The van der Waals surface area contributed by atoms with Gasteiger partial charge >= 0.3 is 17.1 Å². The first-order valence-electron chi connectivity index (χ1n) is 6.07. The van der Waals surface area contributed by atoms with E-state index < -0.39 is 52.1 Å². The molecule has 0 amide bonds. The Morgan fingerprint density at radius 1 is 1.19 bits per heavy atom. The van der Waals surface area contributed by atoms with Crippen LogP contribution in [0.1, 0.15) is 40.0 Å². The van der Waals surface area contributed by atoms with E-state index in [1.54, 1.807) is 20.8 Å². The van der Waals surface area contributed by atoms with Crippen molar-refractivity contribution in [2.45, 2.75) is 51.2 Å². The van der Waals surface area contributed by atoms with Gasteiger partial charge in [-0.2, -0.15) is 17.6 Å². The van der Waals surface area contributed by atoms with Crippen LogP contribution >= 0.6 is 0 Å². The second-order valence-electron chi connectivity index (χ2n) is 5.15. The Labute approximate surface area is 120 Å². The van der Waals surface area contributed by atoms with Gasteiger partial charge in [-0.1, -0.05) is 6.92 Å². The molecule has 0 heterocycles. The van der Waals surface area contributed by atoms with Gasteiger partial charge in [0.1, 0.15) is 0 Å². The van der Waals surface area contributed by atoms with Gasteiger partial charge in [0.05, 0.1) is 12.0 Å². The lowest BCUT2D eigenvalue weighted by molar-refractivity contribution is -0.169.